The first kappa shape index (κ1) is 21.0. The summed E-state index contributed by atoms with van der Waals surface area (Å²) in [6.07, 6.45) is 1.34. The number of furan rings is 1. The number of hydrogen-bond acceptors (Lipinski definition) is 4. The molecule has 2 atom stereocenters. The molecule has 2 heterocycles. The van der Waals surface area contributed by atoms with Gasteiger partial charge in [-0.05, 0) is 41.8 Å². The van der Waals surface area contributed by atoms with Crippen molar-refractivity contribution >= 4 is 22.8 Å². The zero-order valence-corrected chi connectivity index (χ0v) is 18.0. The maximum Gasteiger partial charge on any atom is 0.254 e. The number of nitrogens with one attached hydrogen (secondary N) is 1. The molecule has 4 aromatic rings. The van der Waals surface area contributed by atoms with Crippen LogP contribution in [-0.4, -0.2) is 47.1 Å². The van der Waals surface area contributed by atoms with E-state index in [1.165, 1.54) is 0 Å². The standard InChI is InChI=1S/C27H24N2O4/c30-20-15-19(16-28-26(31)23-11-6-12-25-22(23)13-14-33-25)29(17-20)27(32)24-10-5-4-9-21(24)18-7-2-1-3-8-18/h1-14,19-20,30H,15-17H2,(H,28,31)/t19-,20+/m0/s1. The minimum atomic E-state index is -0.628. The predicted octanol–water partition coefficient (Wildman–Crippen LogP) is 4.11. The van der Waals surface area contributed by atoms with Crippen LogP contribution in [0.3, 0.4) is 0 Å². The average Bonchev–Trinajstić information content (AvgIpc) is 3.49. The van der Waals surface area contributed by atoms with Crippen molar-refractivity contribution in [2.45, 2.75) is 18.6 Å². The first-order valence-electron chi connectivity index (χ1n) is 11.0. The van der Waals surface area contributed by atoms with E-state index in [9.17, 15) is 14.7 Å². The molecule has 33 heavy (non-hydrogen) atoms. The Bertz CT molecular complexity index is 1300. The molecule has 2 amide bonds. The van der Waals surface area contributed by atoms with E-state index >= 15 is 0 Å². The molecular weight excluding hydrogens is 416 g/mol. The van der Waals surface area contributed by atoms with E-state index < -0.39 is 6.10 Å². The number of fused-ring (bicyclic) bond motifs is 1. The molecule has 3 aromatic carbocycles. The summed E-state index contributed by atoms with van der Waals surface area (Å²) >= 11 is 0. The molecule has 1 aliphatic rings. The fourth-order valence-corrected chi connectivity index (χ4v) is 4.53. The average molecular weight is 440 g/mol. The van der Waals surface area contributed by atoms with Crippen LogP contribution < -0.4 is 5.32 Å². The number of β-amino-alcohol motifs (C(OH)–C–C–N with tert-alkyl or cyclic N) is 1. The second-order valence-electron chi connectivity index (χ2n) is 8.26. The summed E-state index contributed by atoms with van der Waals surface area (Å²) in [7, 11) is 0. The van der Waals surface area contributed by atoms with Crippen LogP contribution in [0.15, 0.2) is 89.5 Å². The highest BCUT2D eigenvalue weighted by Crippen LogP contribution is 2.28. The Hall–Kier alpha value is -3.90. The molecule has 0 aliphatic carbocycles. The molecule has 1 aromatic heterocycles. The normalized spacial score (nSPS) is 17.9. The van der Waals surface area contributed by atoms with Crippen LogP contribution in [0.1, 0.15) is 27.1 Å². The van der Waals surface area contributed by atoms with Crippen molar-refractivity contribution in [1.82, 2.24) is 10.2 Å². The molecule has 5 rings (SSSR count). The summed E-state index contributed by atoms with van der Waals surface area (Å²) in [5.74, 6) is -0.386. The molecule has 0 spiro atoms. The molecule has 6 nitrogen and oxygen atoms in total. The van der Waals surface area contributed by atoms with Gasteiger partial charge in [0.25, 0.3) is 11.8 Å². The lowest BCUT2D eigenvalue weighted by atomic mass is 9.98. The van der Waals surface area contributed by atoms with E-state index in [4.69, 9.17) is 4.42 Å². The van der Waals surface area contributed by atoms with Crippen molar-refractivity contribution in [2.24, 2.45) is 0 Å². The van der Waals surface area contributed by atoms with Gasteiger partial charge in [-0.3, -0.25) is 9.59 Å². The van der Waals surface area contributed by atoms with Crippen molar-refractivity contribution in [3.63, 3.8) is 0 Å². The van der Waals surface area contributed by atoms with Crippen LogP contribution in [0.5, 0.6) is 0 Å². The Labute approximate surface area is 191 Å². The number of rotatable bonds is 5. The number of aliphatic hydroxyl groups is 1. The summed E-state index contributed by atoms with van der Waals surface area (Å²) in [6.45, 7) is 0.489. The van der Waals surface area contributed by atoms with Crippen LogP contribution in [0, 0.1) is 0 Å². The van der Waals surface area contributed by atoms with Gasteiger partial charge in [-0.2, -0.15) is 0 Å². The van der Waals surface area contributed by atoms with Crippen molar-refractivity contribution in [3.8, 4) is 11.1 Å². The highest BCUT2D eigenvalue weighted by Gasteiger charge is 2.35. The molecule has 0 radical (unpaired) electrons. The van der Waals surface area contributed by atoms with Gasteiger partial charge in [0.1, 0.15) is 5.58 Å². The molecule has 166 valence electrons. The smallest absolute Gasteiger partial charge is 0.254 e. The SMILES string of the molecule is O=C(NC[C@@H]1C[C@@H](O)CN1C(=O)c1ccccc1-c1ccccc1)c1cccc2occc12. The summed E-state index contributed by atoms with van der Waals surface area (Å²) in [5.41, 5.74) is 3.55. The first-order chi connectivity index (χ1) is 16.1. The van der Waals surface area contributed by atoms with Gasteiger partial charge in [-0.25, -0.2) is 0 Å². The molecule has 2 N–H and O–H groups in total. The Kier molecular flexibility index (Phi) is 5.67. The van der Waals surface area contributed by atoms with Gasteiger partial charge < -0.3 is 19.7 Å². The molecule has 0 saturated carbocycles. The van der Waals surface area contributed by atoms with Gasteiger partial charge in [0, 0.05) is 24.0 Å². The summed E-state index contributed by atoms with van der Waals surface area (Å²) in [6, 6.07) is 24.0. The minimum Gasteiger partial charge on any atom is -0.464 e. The Morgan fingerprint density at radius 3 is 2.55 bits per heavy atom. The molecule has 1 fully saturated rings. The maximum atomic E-state index is 13.5. The Morgan fingerprint density at radius 1 is 0.939 bits per heavy atom. The van der Waals surface area contributed by atoms with E-state index in [0.29, 0.717) is 23.1 Å². The van der Waals surface area contributed by atoms with E-state index in [-0.39, 0.29) is 30.9 Å². The fourth-order valence-electron chi connectivity index (χ4n) is 4.53. The molecule has 1 aliphatic heterocycles. The van der Waals surface area contributed by atoms with E-state index in [1.807, 2.05) is 60.7 Å². The first-order valence-corrected chi connectivity index (χ1v) is 11.0. The molecule has 0 bridgehead atoms. The topological polar surface area (TPSA) is 82.8 Å². The predicted molar refractivity (Wildman–Crippen MR) is 126 cm³/mol. The second-order valence-corrected chi connectivity index (χ2v) is 8.26. The lowest BCUT2D eigenvalue weighted by molar-refractivity contribution is 0.0708. The third-order valence-electron chi connectivity index (χ3n) is 6.13. The van der Waals surface area contributed by atoms with Crippen LogP contribution in [0.2, 0.25) is 0 Å². The second kappa shape index (κ2) is 8.92. The Balaban J connectivity index is 1.35. The van der Waals surface area contributed by atoms with Gasteiger partial charge in [0.2, 0.25) is 0 Å². The quantitative estimate of drug-likeness (QED) is 0.489. The number of carbonyl (C=O) groups is 2. The van der Waals surface area contributed by atoms with E-state index in [1.54, 1.807) is 29.4 Å². The monoisotopic (exact) mass is 440 g/mol. The molecule has 6 heteroatoms. The lowest BCUT2D eigenvalue weighted by Gasteiger charge is -2.26. The third kappa shape index (κ3) is 4.13. The number of aliphatic hydroxyl groups excluding tert-OH is 1. The number of benzene rings is 3. The molecule has 0 unspecified atom stereocenters. The van der Waals surface area contributed by atoms with Crippen LogP contribution >= 0.6 is 0 Å². The number of nitrogens with zero attached hydrogens (tertiary/aromatic N) is 1. The van der Waals surface area contributed by atoms with Crippen LogP contribution in [-0.2, 0) is 0 Å². The highest BCUT2D eigenvalue weighted by atomic mass is 16.3. The van der Waals surface area contributed by atoms with Crippen molar-refractivity contribution in [3.05, 3.63) is 96.3 Å². The van der Waals surface area contributed by atoms with Gasteiger partial charge in [-0.15, -0.1) is 0 Å². The zero-order valence-electron chi connectivity index (χ0n) is 18.0. The Morgan fingerprint density at radius 2 is 1.70 bits per heavy atom. The zero-order chi connectivity index (χ0) is 22.8. The lowest BCUT2D eigenvalue weighted by Crippen LogP contribution is -2.43. The third-order valence-corrected chi connectivity index (χ3v) is 6.13. The number of likely N-dealkylation sites (tertiary alicyclic amines) is 1. The molecule has 1 saturated heterocycles. The van der Waals surface area contributed by atoms with Crippen LogP contribution in [0.25, 0.3) is 22.1 Å². The minimum absolute atomic E-state index is 0.151. The van der Waals surface area contributed by atoms with Crippen molar-refractivity contribution < 1.29 is 19.1 Å². The van der Waals surface area contributed by atoms with Gasteiger partial charge in [0.05, 0.1) is 24.0 Å². The van der Waals surface area contributed by atoms with Crippen molar-refractivity contribution in [2.75, 3.05) is 13.1 Å². The summed E-state index contributed by atoms with van der Waals surface area (Å²) in [5, 5.41) is 14.0. The highest BCUT2D eigenvalue weighted by molar-refractivity contribution is 6.06. The largest absolute Gasteiger partial charge is 0.464 e. The van der Waals surface area contributed by atoms with Crippen LogP contribution in [0.4, 0.5) is 0 Å². The number of hydrogen-bond donors (Lipinski definition) is 2. The van der Waals surface area contributed by atoms with Gasteiger partial charge in [-0.1, -0.05) is 54.6 Å². The number of amides is 2. The summed E-state index contributed by atoms with van der Waals surface area (Å²) < 4.78 is 5.38. The van der Waals surface area contributed by atoms with Gasteiger partial charge in [0.15, 0.2) is 0 Å². The number of carbonyl (C=O) groups excluding carboxylic acids is 2. The van der Waals surface area contributed by atoms with E-state index in [0.717, 1.165) is 16.5 Å². The van der Waals surface area contributed by atoms with E-state index in [2.05, 4.69) is 5.32 Å². The van der Waals surface area contributed by atoms with Crippen molar-refractivity contribution in [1.29, 1.82) is 0 Å². The fraction of sp³-hybridized carbons (Fsp3) is 0.185. The van der Waals surface area contributed by atoms with Gasteiger partial charge >= 0.3 is 0 Å². The maximum absolute atomic E-state index is 13.5. The molecular formula is C27H24N2O4. The summed E-state index contributed by atoms with van der Waals surface area (Å²) in [4.78, 5) is 28.1.